The lowest BCUT2D eigenvalue weighted by molar-refractivity contribution is -0.123. The number of thiocarbonyl (C=S) groups is 1. The molecule has 1 saturated carbocycles. The lowest BCUT2D eigenvalue weighted by Crippen LogP contribution is -2.53. The lowest BCUT2D eigenvalue weighted by Gasteiger charge is -2.48. The van der Waals surface area contributed by atoms with Gasteiger partial charge in [0.2, 0.25) is 0 Å². The second-order valence-electron chi connectivity index (χ2n) is 9.07. The zero-order chi connectivity index (χ0) is 22.8. The number of carbonyl (C=O) groups excluding carboxylic acids is 2. The Labute approximate surface area is 199 Å². The van der Waals surface area contributed by atoms with Crippen molar-refractivity contribution in [2.45, 2.75) is 31.7 Å². The number of morpholine rings is 1. The van der Waals surface area contributed by atoms with Gasteiger partial charge in [-0.15, -0.1) is 0 Å². The van der Waals surface area contributed by atoms with Gasteiger partial charge in [0, 0.05) is 43.8 Å². The van der Waals surface area contributed by atoms with E-state index >= 15 is 0 Å². The highest BCUT2D eigenvalue weighted by Crippen LogP contribution is 2.43. The van der Waals surface area contributed by atoms with Gasteiger partial charge < -0.3 is 9.64 Å². The van der Waals surface area contributed by atoms with Gasteiger partial charge in [-0.3, -0.25) is 25.1 Å². The fraction of sp³-hybridized carbons (Fsp3) is 0.480. The standard InChI is InChI=1S/C25H30N4O3S/c30-23-22(24(31)27-25(33)26-23)19-16-21(17-6-2-1-3-7-17)29(20-9-5-4-8-18(19)20)11-10-28-12-14-32-15-13-28/h1-3,6-7,16,18,20H,4-5,8-15H2,(H2,26,27,30,31,33)/t18-,20-/m0/s1. The summed E-state index contributed by atoms with van der Waals surface area (Å²) in [5, 5.41) is 5.33. The Morgan fingerprint density at radius 3 is 2.39 bits per heavy atom. The van der Waals surface area contributed by atoms with Crippen molar-refractivity contribution >= 4 is 34.8 Å². The van der Waals surface area contributed by atoms with E-state index in [1.54, 1.807) is 0 Å². The van der Waals surface area contributed by atoms with Crippen LogP contribution >= 0.6 is 12.2 Å². The summed E-state index contributed by atoms with van der Waals surface area (Å²) in [6.45, 7) is 5.38. The number of amides is 2. The van der Waals surface area contributed by atoms with Crippen LogP contribution in [0.1, 0.15) is 31.2 Å². The average Bonchev–Trinajstić information content (AvgIpc) is 2.83. The second kappa shape index (κ2) is 9.75. The van der Waals surface area contributed by atoms with Crippen LogP contribution in [0.25, 0.3) is 5.70 Å². The minimum atomic E-state index is -0.395. The number of allylic oxidation sites excluding steroid dienone is 1. The molecule has 2 saturated heterocycles. The molecule has 2 amide bonds. The van der Waals surface area contributed by atoms with Gasteiger partial charge in [-0.1, -0.05) is 43.2 Å². The summed E-state index contributed by atoms with van der Waals surface area (Å²) in [5.74, 6) is -0.643. The molecule has 3 fully saturated rings. The van der Waals surface area contributed by atoms with Gasteiger partial charge in [-0.2, -0.15) is 0 Å². The first kappa shape index (κ1) is 22.3. The molecule has 2 N–H and O–H groups in total. The third-order valence-electron chi connectivity index (χ3n) is 7.16. The molecule has 1 aromatic rings. The van der Waals surface area contributed by atoms with Gasteiger partial charge in [0.05, 0.1) is 13.2 Å². The number of carbonyl (C=O) groups is 2. The second-order valence-corrected chi connectivity index (χ2v) is 9.48. The summed E-state index contributed by atoms with van der Waals surface area (Å²) in [6.07, 6.45) is 6.37. The molecule has 0 bridgehead atoms. The van der Waals surface area contributed by atoms with E-state index in [2.05, 4.69) is 38.6 Å². The van der Waals surface area contributed by atoms with Gasteiger partial charge in [-0.05, 0) is 42.3 Å². The van der Waals surface area contributed by atoms with Crippen molar-refractivity contribution in [3.63, 3.8) is 0 Å². The van der Waals surface area contributed by atoms with Crippen molar-refractivity contribution in [1.82, 2.24) is 20.4 Å². The van der Waals surface area contributed by atoms with Gasteiger partial charge in [0.1, 0.15) is 5.57 Å². The number of hydrogen-bond donors (Lipinski definition) is 2. The maximum absolute atomic E-state index is 12.9. The highest BCUT2D eigenvalue weighted by Gasteiger charge is 2.41. The smallest absolute Gasteiger partial charge is 0.263 e. The molecule has 0 spiro atoms. The van der Waals surface area contributed by atoms with Crippen molar-refractivity contribution in [3.8, 4) is 0 Å². The molecule has 3 aliphatic heterocycles. The Bertz CT molecular complexity index is 978. The molecule has 1 aliphatic carbocycles. The highest BCUT2D eigenvalue weighted by atomic mass is 32.1. The van der Waals surface area contributed by atoms with E-state index in [4.69, 9.17) is 17.0 Å². The molecule has 0 radical (unpaired) electrons. The Balaban J connectivity index is 1.57. The maximum Gasteiger partial charge on any atom is 0.263 e. The van der Waals surface area contributed by atoms with Crippen LogP contribution in [0.5, 0.6) is 0 Å². The van der Waals surface area contributed by atoms with Crippen molar-refractivity contribution in [2.24, 2.45) is 5.92 Å². The van der Waals surface area contributed by atoms with Crippen LogP contribution in [0.3, 0.4) is 0 Å². The summed E-state index contributed by atoms with van der Waals surface area (Å²) in [5.41, 5.74) is 3.25. The van der Waals surface area contributed by atoms with E-state index < -0.39 is 11.8 Å². The molecule has 174 valence electrons. The molecule has 1 aromatic carbocycles. The van der Waals surface area contributed by atoms with E-state index in [0.29, 0.717) is 0 Å². The first-order valence-electron chi connectivity index (χ1n) is 11.9. The van der Waals surface area contributed by atoms with Crippen molar-refractivity contribution < 1.29 is 14.3 Å². The van der Waals surface area contributed by atoms with Crippen LogP contribution in [-0.2, 0) is 14.3 Å². The van der Waals surface area contributed by atoms with Crippen LogP contribution in [0, 0.1) is 5.92 Å². The molecular formula is C25H30N4O3S. The molecule has 33 heavy (non-hydrogen) atoms. The zero-order valence-corrected chi connectivity index (χ0v) is 19.5. The fourth-order valence-electron chi connectivity index (χ4n) is 5.57. The third kappa shape index (κ3) is 4.60. The van der Waals surface area contributed by atoms with Crippen molar-refractivity contribution in [3.05, 3.63) is 53.1 Å². The Kier molecular flexibility index (Phi) is 6.57. The predicted octanol–water partition coefficient (Wildman–Crippen LogP) is 2.06. The molecule has 5 rings (SSSR count). The largest absolute Gasteiger partial charge is 0.379 e. The summed E-state index contributed by atoms with van der Waals surface area (Å²) >= 11 is 5.02. The van der Waals surface area contributed by atoms with E-state index in [1.165, 1.54) is 0 Å². The van der Waals surface area contributed by atoms with E-state index in [9.17, 15) is 9.59 Å². The number of nitrogens with zero attached hydrogens (tertiary/aromatic N) is 2. The summed E-state index contributed by atoms with van der Waals surface area (Å²) in [7, 11) is 0. The highest BCUT2D eigenvalue weighted by molar-refractivity contribution is 7.80. The minimum absolute atomic E-state index is 0.0738. The molecule has 0 aromatic heterocycles. The van der Waals surface area contributed by atoms with Gasteiger partial charge in [0.15, 0.2) is 5.11 Å². The average molecular weight is 467 g/mol. The van der Waals surface area contributed by atoms with E-state index in [0.717, 1.165) is 81.9 Å². The van der Waals surface area contributed by atoms with Crippen LogP contribution < -0.4 is 10.6 Å². The monoisotopic (exact) mass is 466 g/mol. The summed E-state index contributed by atoms with van der Waals surface area (Å²) in [6, 6.07) is 10.6. The zero-order valence-electron chi connectivity index (χ0n) is 18.7. The molecule has 8 heteroatoms. The fourth-order valence-corrected chi connectivity index (χ4v) is 5.75. The van der Waals surface area contributed by atoms with Crippen LogP contribution in [0.4, 0.5) is 0 Å². The van der Waals surface area contributed by atoms with Crippen LogP contribution in [0.15, 0.2) is 47.6 Å². The number of ether oxygens (including phenoxy) is 1. The molecule has 7 nitrogen and oxygen atoms in total. The number of fused-ring (bicyclic) bond motifs is 1. The predicted molar refractivity (Wildman–Crippen MR) is 130 cm³/mol. The number of hydrogen-bond acceptors (Lipinski definition) is 6. The first-order valence-corrected chi connectivity index (χ1v) is 12.3. The Morgan fingerprint density at radius 1 is 0.970 bits per heavy atom. The molecular weight excluding hydrogens is 436 g/mol. The summed E-state index contributed by atoms with van der Waals surface area (Å²) < 4.78 is 5.52. The molecule has 2 atom stereocenters. The number of benzene rings is 1. The van der Waals surface area contributed by atoms with E-state index in [1.807, 2.05) is 18.2 Å². The quantitative estimate of drug-likeness (QED) is 0.402. The molecule has 4 aliphatic rings. The van der Waals surface area contributed by atoms with Gasteiger partial charge >= 0.3 is 0 Å². The van der Waals surface area contributed by atoms with Crippen molar-refractivity contribution in [2.75, 3.05) is 39.4 Å². The Hall–Kier alpha value is -2.55. The van der Waals surface area contributed by atoms with Crippen LogP contribution in [0.2, 0.25) is 0 Å². The lowest BCUT2D eigenvalue weighted by atomic mass is 9.73. The normalized spacial score (nSPS) is 26.5. The maximum atomic E-state index is 12.9. The number of rotatable bonds is 4. The first-order chi connectivity index (χ1) is 16.1. The molecule has 3 heterocycles. The summed E-state index contributed by atoms with van der Waals surface area (Å²) in [4.78, 5) is 30.7. The minimum Gasteiger partial charge on any atom is -0.379 e. The Morgan fingerprint density at radius 2 is 1.67 bits per heavy atom. The number of nitrogens with one attached hydrogen (secondary N) is 2. The van der Waals surface area contributed by atoms with Gasteiger partial charge in [0.25, 0.3) is 11.8 Å². The topological polar surface area (TPSA) is 73.9 Å². The molecule has 0 unspecified atom stereocenters. The van der Waals surface area contributed by atoms with Crippen molar-refractivity contribution in [1.29, 1.82) is 0 Å². The van der Waals surface area contributed by atoms with Crippen LogP contribution in [-0.4, -0.2) is 72.2 Å². The third-order valence-corrected chi connectivity index (χ3v) is 7.36. The SMILES string of the molecule is O=C1NC(=S)NC(=O)C1=C1C=C(c2ccccc2)N(CCN2CCOCC2)[C@H]2CCCC[C@@H]12. The van der Waals surface area contributed by atoms with Gasteiger partial charge in [-0.25, -0.2) is 0 Å². The van der Waals surface area contributed by atoms with E-state index in [-0.39, 0.29) is 22.6 Å².